The van der Waals surface area contributed by atoms with E-state index in [2.05, 4.69) is 18.7 Å². The molecule has 9 heteroatoms. The number of hydrogen-bond acceptors (Lipinski definition) is 6. The van der Waals surface area contributed by atoms with E-state index in [1.54, 1.807) is 0 Å². The maximum absolute atomic E-state index is 13.6. The van der Waals surface area contributed by atoms with Crippen LogP contribution in [0.25, 0.3) is 5.76 Å². The number of amides is 1. The summed E-state index contributed by atoms with van der Waals surface area (Å²) < 4.78 is 10.7. The zero-order chi connectivity index (χ0) is 28.4. The van der Waals surface area contributed by atoms with Gasteiger partial charge in [0.2, 0.25) is 0 Å². The van der Waals surface area contributed by atoms with Crippen molar-refractivity contribution < 1.29 is 24.2 Å². The molecular formula is C30H30Cl2N2O5. The number of aliphatic hydroxyl groups is 1. The van der Waals surface area contributed by atoms with E-state index in [4.69, 9.17) is 32.7 Å². The summed E-state index contributed by atoms with van der Waals surface area (Å²) in [7, 11) is 2.78. The van der Waals surface area contributed by atoms with E-state index < -0.39 is 23.5 Å². The number of ether oxygens (including phenoxy) is 2. The summed E-state index contributed by atoms with van der Waals surface area (Å²) in [6.45, 7) is 7.69. The molecule has 1 N–H and O–H groups in total. The number of halogens is 2. The number of ketones is 1. The minimum absolute atomic E-state index is 0.0303. The Kier molecular flexibility index (Phi) is 8.42. The van der Waals surface area contributed by atoms with E-state index in [0.717, 1.165) is 24.3 Å². The Morgan fingerprint density at radius 3 is 2.15 bits per heavy atom. The van der Waals surface area contributed by atoms with Gasteiger partial charge in [0.05, 0.1) is 36.4 Å². The van der Waals surface area contributed by atoms with Crippen molar-refractivity contribution in [1.82, 2.24) is 0 Å². The molecule has 1 unspecified atom stereocenters. The molecule has 0 saturated carbocycles. The van der Waals surface area contributed by atoms with E-state index in [0.29, 0.717) is 11.3 Å². The average Bonchev–Trinajstić information content (AvgIpc) is 3.19. The van der Waals surface area contributed by atoms with Gasteiger partial charge in [-0.2, -0.15) is 0 Å². The molecule has 1 aliphatic heterocycles. The van der Waals surface area contributed by atoms with Crippen molar-refractivity contribution in [3.05, 3.63) is 86.9 Å². The number of nitrogens with zero attached hydrogens (tertiary/aromatic N) is 2. The molecule has 1 heterocycles. The lowest BCUT2D eigenvalue weighted by molar-refractivity contribution is -0.132. The van der Waals surface area contributed by atoms with E-state index in [9.17, 15) is 14.7 Å². The van der Waals surface area contributed by atoms with Crippen molar-refractivity contribution in [1.29, 1.82) is 0 Å². The first-order chi connectivity index (χ1) is 18.7. The summed E-state index contributed by atoms with van der Waals surface area (Å²) in [6, 6.07) is 15.4. The Morgan fingerprint density at radius 1 is 0.974 bits per heavy atom. The quantitative estimate of drug-likeness (QED) is 0.183. The van der Waals surface area contributed by atoms with Crippen LogP contribution in [-0.2, 0) is 9.59 Å². The standard InChI is InChI=1S/C30H30Cl2N2O5/c1-6-33(7-2)18-12-14-19(15-13-18)34-25(20-11-9-8-10-17(20)3)23(27(36)30(34)37)26(35)21-16-22(31)29(39-5)24(32)28(21)38-4/h8-16,25,35H,6-7H2,1-5H3/b26-23+. The fourth-order valence-corrected chi connectivity index (χ4v) is 5.68. The first kappa shape index (κ1) is 28.3. The fraction of sp³-hybridized carbons (Fsp3) is 0.267. The lowest BCUT2D eigenvalue weighted by atomic mass is 9.92. The third kappa shape index (κ3) is 4.92. The van der Waals surface area contributed by atoms with Crippen molar-refractivity contribution in [3.8, 4) is 11.5 Å². The Balaban J connectivity index is 1.97. The Hall–Kier alpha value is -3.68. The molecule has 3 aromatic rings. The second-order valence-corrected chi connectivity index (χ2v) is 9.79. The Bertz CT molecular complexity index is 1450. The normalized spacial score (nSPS) is 16.5. The molecule has 1 aliphatic rings. The molecule has 0 spiro atoms. The zero-order valence-electron chi connectivity index (χ0n) is 22.4. The minimum atomic E-state index is -0.908. The highest BCUT2D eigenvalue weighted by Gasteiger charge is 2.47. The highest BCUT2D eigenvalue weighted by atomic mass is 35.5. The van der Waals surface area contributed by atoms with Crippen LogP contribution < -0.4 is 19.3 Å². The Morgan fingerprint density at radius 2 is 1.59 bits per heavy atom. The van der Waals surface area contributed by atoms with Gasteiger partial charge in [-0.3, -0.25) is 14.5 Å². The monoisotopic (exact) mass is 568 g/mol. The predicted octanol–water partition coefficient (Wildman–Crippen LogP) is 6.79. The number of rotatable bonds is 8. The lowest BCUT2D eigenvalue weighted by Crippen LogP contribution is -2.30. The van der Waals surface area contributed by atoms with Crippen LogP contribution in [0.15, 0.2) is 60.2 Å². The van der Waals surface area contributed by atoms with E-state index >= 15 is 0 Å². The molecule has 7 nitrogen and oxygen atoms in total. The lowest BCUT2D eigenvalue weighted by Gasteiger charge is -2.28. The molecule has 0 radical (unpaired) electrons. The second kappa shape index (κ2) is 11.6. The molecule has 1 amide bonds. The van der Waals surface area contributed by atoms with Gasteiger partial charge in [-0.25, -0.2) is 0 Å². The summed E-state index contributed by atoms with van der Waals surface area (Å²) in [5.74, 6) is -1.82. The highest BCUT2D eigenvalue weighted by molar-refractivity contribution is 6.52. The van der Waals surface area contributed by atoms with Crippen LogP contribution in [0.4, 0.5) is 11.4 Å². The van der Waals surface area contributed by atoms with Gasteiger partial charge in [-0.05, 0) is 62.2 Å². The number of Topliss-reactive ketones (excluding diaryl/α,β-unsaturated/α-hetero) is 1. The first-order valence-corrected chi connectivity index (χ1v) is 13.3. The maximum atomic E-state index is 13.6. The molecule has 39 heavy (non-hydrogen) atoms. The highest BCUT2D eigenvalue weighted by Crippen LogP contribution is 2.48. The van der Waals surface area contributed by atoms with Crippen LogP contribution in [0.1, 0.15) is 36.6 Å². The molecule has 4 rings (SSSR count). The molecule has 1 fully saturated rings. The van der Waals surface area contributed by atoms with Gasteiger partial charge in [0.1, 0.15) is 10.8 Å². The molecule has 1 atom stereocenters. The molecule has 0 aliphatic carbocycles. The van der Waals surface area contributed by atoms with Crippen LogP contribution in [0.2, 0.25) is 10.0 Å². The van der Waals surface area contributed by atoms with Crippen molar-refractivity contribution in [3.63, 3.8) is 0 Å². The van der Waals surface area contributed by atoms with Crippen molar-refractivity contribution in [2.75, 3.05) is 37.1 Å². The number of carbonyl (C=O) groups excluding carboxylic acids is 2. The number of carbonyl (C=O) groups is 2. The molecular weight excluding hydrogens is 539 g/mol. The number of aryl methyl sites for hydroxylation is 1. The van der Waals surface area contributed by atoms with Crippen molar-refractivity contribution in [2.24, 2.45) is 0 Å². The van der Waals surface area contributed by atoms with Gasteiger partial charge in [-0.1, -0.05) is 47.5 Å². The minimum Gasteiger partial charge on any atom is -0.507 e. The van der Waals surface area contributed by atoms with Crippen LogP contribution >= 0.6 is 23.2 Å². The molecule has 204 valence electrons. The molecule has 1 saturated heterocycles. The van der Waals surface area contributed by atoms with E-state index in [-0.39, 0.29) is 32.7 Å². The summed E-state index contributed by atoms with van der Waals surface area (Å²) >= 11 is 12.9. The van der Waals surface area contributed by atoms with Crippen molar-refractivity contribution >= 4 is 52.0 Å². The van der Waals surface area contributed by atoms with Gasteiger partial charge >= 0.3 is 0 Å². The molecule has 0 aromatic heterocycles. The predicted molar refractivity (Wildman–Crippen MR) is 156 cm³/mol. The van der Waals surface area contributed by atoms with Gasteiger partial charge in [0.25, 0.3) is 11.7 Å². The number of aliphatic hydroxyl groups excluding tert-OH is 1. The van der Waals surface area contributed by atoms with Gasteiger partial charge in [0.15, 0.2) is 11.5 Å². The van der Waals surface area contributed by atoms with Crippen LogP contribution in [0.3, 0.4) is 0 Å². The molecule has 0 bridgehead atoms. The summed E-state index contributed by atoms with van der Waals surface area (Å²) in [6.07, 6.45) is 0. The summed E-state index contributed by atoms with van der Waals surface area (Å²) in [4.78, 5) is 30.8. The average molecular weight is 569 g/mol. The Labute approximate surface area is 238 Å². The second-order valence-electron chi connectivity index (χ2n) is 9.00. The summed E-state index contributed by atoms with van der Waals surface area (Å²) in [5.41, 5.74) is 3.03. The number of methoxy groups -OCH3 is 2. The van der Waals surface area contributed by atoms with Crippen LogP contribution in [-0.4, -0.2) is 44.1 Å². The molecule has 3 aromatic carbocycles. The summed E-state index contributed by atoms with van der Waals surface area (Å²) in [5, 5.41) is 11.8. The third-order valence-corrected chi connectivity index (χ3v) is 7.60. The maximum Gasteiger partial charge on any atom is 0.300 e. The first-order valence-electron chi connectivity index (χ1n) is 12.5. The van der Waals surface area contributed by atoms with Gasteiger partial charge in [0, 0.05) is 24.5 Å². The van der Waals surface area contributed by atoms with Crippen LogP contribution in [0, 0.1) is 6.92 Å². The van der Waals surface area contributed by atoms with Gasteiger partial charge < -0.3 is 19.5 Å². The smallest absolute Gasteiger partial charge is 0.300 e. The van der Waals surface area contributed by atoms with E-state index in [1.807, 2.05) is 55.5 Å². The van der Waals surface area contributed by atoms with Crippen molar-refractivity contribution in [2.45, 2.75) is 26.8 Å². The number of benzene rings is 3. The zero-order valence-corrected chi connectivity index (χ0v) is 23.9. The number of anilines is 2. The largest absolute Gasteiger partial charge is 0.507 e. The fourth-order valence-electron chi connectivity index (χ4n) is 4.99. The third-order valence-electron chi connectivity index (χ3n) is 6.98. The van der Waals surface area contributed by atoms with Crippen LogP contribution in [0.5, 0.6) is 11.5 Å². The topological polar surface area (TPSA) is 79.3 Å². The van der Waals surface area contributed by atoms with E-state index in [1.165, 1.54) is 25.2 Å². The van der Waals surface area contributed by atoms with Gasteiger partial charge in [-0.15, -0.1) is 0 Å². The SMILES string of the molecule is CCN(CC)c1ccc(N2C(=O)C(=O)/C(=C(/O)c3cc(Cl)c(OC)c(Cl)c3OC)C2c2ccccc2C)cc1. The number of hydrogen-bond donors (Lipinski definition) is 1.